The highest BCUT2D eigenvalue weighted by atomic mass is 32.1. The number of primary amides is 1. The molecule has 4 heterocycles. The summed E-state index contributed by atoms with van der Waals surface area (Å²) in [5.41, 5.74) is 9.08. The Labute approximate surface area is 166 Å². The third-order valence-electron chi connectivity index (χ3n) is 5.52. The molecule has 140 valence electrons. The SMILES string of the molecule is NC(=O)c1sc2ncccc2c1[C@H]1CCN(Cc2cccc3cccnc23)C1. The molecule has 1 aliphatic rings. The van der Waals surface area contributed by atoms with Gasteiger partial charge in [0.2, 0.25) is 0 Å². The number of amides is 1. The van der Waals surface area contributed by atoms with Gasteiger partial charge in [0.05, 0.1) is 10.4 Å². The summed E-state index contributed by atoms with van der Waals surface area (Å²) in [4.78, 5) is 25.0. The first kappa shape index (κ1) is 17.3. The molecule has 0 bridgehead atoms. The van der Waals surface area contributed by atoms with E-state index in [1.165, 1.54) is 22.3 Å². The highest BCUT2D eigenvalue weighted by molar-refractivity contribution is 7.20. The summed E-state index contributed by atoms with van der Waals surface area (Å²) in [6.07, 6.45) is 4.63. The average Bonchev–Trinajstić information content (AvgIpc) is 3.32. The van der Waals surface area contributed by atoms with Gasteiger partial charge in [-0.2, -0.15) is 0 Å². The molecular weight excluding hydrogens is 368 g/mol. The number of para-hydroxylation sites is 1. The minimum atomic E-state index is -0.352. The molecule has 0 aliphatic carbocycles. The predicted octanol–water partition coefficient (Wildman–Crippen LogP) is 3.93. The third kappa shape index (κ3) is 2.95. The van der Waals surface area contributed by atoms with Gasteiger partial charge < -0.3 is 5.73 Å². The number of nitrogens with zero attached hydrogens (tertiary/aromatic N) is 3. The molecule has 1 fully saturated rings. The molecule has 5 nitrogen and oxygen atoms in total. The zero-order valence-electron chi connectivity index (χ0n) is 15.3. The molecule has 0 unspecified atom stereocenters. The maximum absolute atomic E-state index is 12.1. The monoisotopic (exact) mass is 388 g/mol. The van der Waals surface area contributed by atoms with E-state index in [-0.39, 0.29) is 5.91 Å². The van der Waals surface area contributed by atoms with E-state index in [0.29, 0.717) is 10.8 Å². The lowest BCUT2D eigenvalue weighted by atomic mass is 9.95. The van der Waals surface area contributed by atoms with Gasteiger partial charge in [-0.15, -0.1) is 11.3 Å². The number of hydrogen-bond acceptors (Lipinski definition) is 5. The highest BCUT2D eigenvalue weighted by Crippen LogP contribution is 2.39. The molecule has 1 atom stereocenters. The van der Waals surface area contributed by atoms with E-state index in [0.717, 1.165) is 47.4 Å². The molecule has 0 spiro atoms. The van der Waals surface area contributed by atoms with Crippen molar-refractivity contribution in [3.63, 3.8) is 0 Å². The molecule has 0 radical (unpaired) electrons. The second-order valence-corrected chi connectivity index (χ2v) is 8.28. The van der Waals surface area contributed by atoms with Crippen molar-refractivity contribution in [2.45, 2.75) is 18.9 Å². The predicted molar refractivity (Wildman–Crippen MR) is 113 cm³/mol. The molecule has 0 saturated carbocycles. The van der Waals surface area contributed by atoms with E-state index in [2.05, 4.69) is 45.2 Å². The van der Waals surface area contributed by atoms with Crippen molar-refractivity contribution in [1.82, 2.24) is 14.9 Å². The van der Waals surface area contributed by atoms with E-state index in [1.807, 2.05) is 18.3 Å². The van der Waals surface area contributed by atoms with Crippen LogP contribution in [0.5, 0.6) is 0 Å². The second kappa shape index (κ2) is 6.96. The van der Waals surface area contributed by atoms with Crippen molar-refractivity contribution in [2.75, 3.05) is 13.1 Å². The van der Waals surface area contributed by atoms with Crippen LogP contribution in [0, 0.1) is 0 Å². The third-order valence-corrected chi connectivity index (χ3v) is 6.66. The lowest BCUT2D eigenvalue weighted by Crippen LogP contribution is -2.20. The number of benzene rings is 1. The molecule has 6 heteroatoms. The summed E-state index contributed by atoms with van der Waals surface area (Å²) >= 11 is 1.41. The van der Waals surface area contributed by atoms with Gasteiger partial charge >= 0.3 is 0 Å². The quantitative estimate of drug-likeness (QED) is 0.575. The molecule has 3 aromatic heterocycles. The Balaban J connectivity index is 1.44. The number of nitrogens with two attached hydrogens (primary N) is 1. The smallest absolute Gasteiger partial charge is 0.259 e. The van der Waals surface area contributed by atoms with Crippen LogP contribution in [0.1, 0.15) is 33.1 Å². The van der Waals surface area contributed by atoms with Crippen molar-refractivity contribution >= 4 is 38.4 Å². The number of fused-ring (bicyclic) bond motifs is 2. The van der Waals surface area contributed by atoms with Crippen LogP contribution >= 0.6 is 11.3 Å². The minimum Gasteiger partial charge on any atom is -0.365 e. The molecule has 1 saturated heterocycles. The van der Waals surface area contributed by atoms with Crippen LogP contribution in [0.25, 0.3) is 21.1 Å². The molecule has 1 amide bonds. The topological polar surface area (TPSA) is 72.1 Å². The molecule has 5 rings (SSSR count). The van der Waals surface area contributed by atoms with Gasteiger partial charge in [0.15, 0.2) is 0 Å². The highest BCUT2D eigenvalue weighted by Gasteiger charge is 2.30. The lowest BCUT2D eigenvalue weighted by molar-refractivity contribution is 0.100. The van der Waals surface area contributed by atoms with Crippen LogP contribution in [0.4, 0.5) is 0 Å². The Hall–Kier alpha value is -2.83. The van der Waals surface area contributed by atoms with Crippen LogP contribution in [-0.4, -0.2) is 33.9 Å². The van der Waals surface area contributed by atoms with Gasteiger partial charge in [-0.05, 0) is 36.2 Å². The Morgan fingerprint density at radius 3 is 2.86 bits per heavy atom. The molecule has 1 aromatic carbocycles. The van der Waals surface area contributed by atoms with E-state index in [4.69, 9.17) is 5.73 Å². The van der Waals surface area contributed by atoms with Gasteiger partial charge in [0, 0.05) is 42.2 Å². The van der Waals surface area contributed by atoms with Crippen molar-refractivity contribution in [3.8, 4) is 0 Å². The summed E-state index contributed by atoms with van der Waals surface area (Å²) in [5.74, 6) is -0.0573. The van der Waals surface area contributed by atoms with Crippen LogP contribution in [0.2, 0.25) is 0 Å². The Bertz CT molecular complexity index is 1180. The van der Waals surface area contributed by atoms with Gasteiger partial charge in [-0.1, -0.05) is 30.3 Å². The fourth-order valence-electron chi connectivity index (χ4n) is 4.29. The maximum atomic E-state index is 12.1. The number of aromatic nitrogens is 2. The lowest BCUT2D eigenvalue weighted by Gasteiger charge is -2.17. The van der Waals surface area contributed by atoms with Gasteiger partial charge in [-0.3, -0.25) is 14.7 Å². The average molecular weight is 388 g/mol. The van der Waals surface area contributed by atoms with Crippen LogP contribution in [0.15, 0.2) is 54.9 Å². The number of thiophene rings is 1. The summed E-state index contributed by atoms with van der Waals surface area (Å²) in [6, 6.07) is 14.4. The first-order chi connectivity index (χ1) is 13.7. The number of likely N-dealkylation sites (tertiary alicyclic amines) is 1. The fraction of sp³-hybridized carbons (Fsp3) is 0.227. The van der Waals surface area contributed by atoms with E-state index in [1.54, 1.807) is 6.20 Å². The Morgan fingerprint density at radius 1 is 1.14 bits per heavy atom. The number of carbonyl (C=O) groups excluding carboxylic acids is 1. The zero-order chi connectivity index (χ0) is 19.1. The summed E-state index contributed by atoms with van der Waals surface area (Å²) in [5, 5.41) is 2.24. The normalized spacial score (nSPS) is 17.5. The standard InChI is InChI=1S/C22H20N4OS/c23-21(27)20-18(17-7-3-10-25-22(17)28-20)15-8-11-26(12-15)13-16-5-1-4-14-6-2-9-24-19(14)16/h1-7,9-10,15H,8,11-13H2,(H2,23,27)/t15-/m0/s1. The number of carbonyl (C=O) groups is 1. The minimum absolute atomic E-state index is 0.295. The largest absolute Gasteiger partial charge is 0.365 e. The van der Waals surface area contributed by atoms with Gasteiger partial charge in [0.1, 0.15) is 4.83 Å². The van der Waals surface area contributed by atoms with Crippen LogP contribution in [0.3, 0.4) is 0 Å². The van der Waals surface area contributed by atoms with Gasteiger partial charge in [0.25, 0.3) is 5.91 Å². The number of hydrogen-bond donors (Lipinski definition) is 1. The van der Waals surface area contributed by atoms with Crippen molar-refractivity contribution < 1.29 is 4.79 Å². The van der Waals surface area contributed by atoms with E-state index >= 15 is 0 Å². The molecular formula is C22H20N4OS. The molecule has 4 aromatic rings. The molecule has 2 N–H and O–H groups in total. The van der Waals surface area contributed by atoms with E-state index in [9.17, 15) is 4.79 Å². The first-order valence-electron chi connectivity index (χ1n) is 9.43. The number of pyridine rings is 2. The Morgan fingerprint density at radius 2 is 1.96 bits per heavy atom. The summed E-state index contributed by atoms with van der Waals surface area (Å²) in [7, 11) is 0. The fourth-order valence-corrected chi connectivity index (χ4v) is 5.37. The van der Waals surface area contributed by atoms with E-state index < -0.39 is 0 Å². The van der Waals surface area contributed by atoms with Crippen molar-refractivity contribution in [2.24, 2.45) is 5.73 Å². The Kier molecular flexibility index (Phi) is 4.30. The summed E-state index contributed by atoms with van der Waals surface area (Å²) in [6.45, 7) is 2.75. The van der Waals surface area contributed by atoms with Crippen LogP contribution < -0.4 is 5.73 Å². The zero-order valence-corrected chi connectivity index (χ0v) is 16.2. The maximum Gasteiger partial charge on any atom is 0.259 e. The summed E-state index contributed by atoms with van der Waals surface area (Å²) < 4.78 is 0. The number of rotatable bonds is 4. The van der Waals surface area contributed by atoms with Crippen molar-refractivity contribution in [3.05, 3.63) is 70.9 Å². The first-order valence-corrected chi connectivity index (χ1v) is 10.2. The molecule has 1 aliphatic heterocycles. The molecule has 28 heavy (non-hydrogen) atoms. The van der Waals surface area contributed by atoms with Crippen LogP contribution in [-0.2, 0) is 6.54 Å². The van der Waals surface area contributed by atoms with Crippen molar-refractivity contribution in [1.29, 1.82) is 0 Å². The second-order valence-electron chi connectivity index (χ2n) is 7.28. The van der Waals surface area contributed by atoms with Gasteiger partial charge in [-0.25, -0.2) is 4.98 Å².